The van der Waals surface area contributed by atoms with Crippen LogP contribution in [0, 0.1) is 11.3 Å². The standard InChI is InChI=1S/C9H11N3O/c10-6-8-3-4-11-12(8)9-2-1-5-13-7-9/h3-4,9H,1-2,5,7H2. The van der Waals surface area contributed by atoms with Crippen molar-refractivity contribution in [3.8, 4) is 6.07 Å². The van der Waals surface area contributed by atoms with E-state index in [0.717, 1.165) is 19.4 Å². The zero-order valence-electron chi connectivity index (χ0n) is 7.31. The molecule has 68 valence electrons. The molecule has 1 unspecified atom stereocenters. The molecule has 0 saturated carbocycles. The van der Waals surface area contributed by atoms with Gasteiger partial charge in [0, 0.05) is 6.61 Å². The summed E-state index contributed by atoms with van der Waals surface area (Å²) in [7, 11) is 0. The fourth-order valence-corrected chi connectivity index (χ4v) is 1.61. The Balaban J connectivity index is 2.19. The summed E-state index contributed by atoms with van der Waals surface area (Å²) in [6.45, 7) is 1.51. The molecule has 2 heterocycles. The van der Waals surface area contributed by atoms with Crippen LogP contribution in [0.1, 0.15) is 24.6 Å². The van der Waals surface area contributed by atoms with Gasteiger partial charge < -0.3 is 4.74 Å². The lowest BCUT2D eigenvalue weighted by Crippen LogP contribution is -2.23. The number of ether oxygens (including phenoxy) is 1. The summed E-state index contributed by atoms with van der Waals surface area (Å²) in [6.07, 6.45) is 3.76. The van der Waals surface area contributed by atoms with E-state index in [1.165, 1.54) is 0 Å². The molecule has 1 aromatic rings. The van der Waals surface area contributed by atoms with E-state index in [1.807, 2.05) is 0 Å². The highest BCUT2D eigenvalue weighted by molar-refractivity contribution is 5.19. The van der Waals surface area contributed by atoms with Gasteiger partial charge in [0.2, 0.25) is 0 Å². The maximum Gasteiger partial charge on any atom is 0.138 e. The van der Waals surface area contributed by atoms with Gasteiger partial charge in [-0.25, -0.2) is 4.68 Å². The third-order valence-corrected chi connectivity index (χ3v) is 2.27. The Labute approximate surface area is 76.7 Å². The minimum Gasteiger partial charge on any atom is -0.379 e. The summed E-state index contributed by atoms with van der Waals surface area (Å²) in [6, 6.07) is 4.10. The molecule has 0 radical (unpaired) electrons. The van der Waals surface area contributed by atoms with E-state index in [2.05, 4.69) is 11.2 Å². The van der Waals surface area contributed by atoms with Crippen LogP contribution in [0.5, 0.6) is 0 Å². The molecule has 0 aliphatic carbocycles. The molecule has 1 fully saturated rings. The predicted octanol–water partition coefficient (Wildman–Crippen LogP) is 1.11. The SMILES string of the molecule is N#Cc1ccnn1C1CCCOC1. The number of nitriles is 1. The van der Waals surface area contributed by atoms with Crippen LogP contribution in [0.25, 0.3) is 0 Å². The molecule has 0 bridgehead atoms. The monoisotopic (exact) mass is 177 g/mol. The van der Waals surface area contributed by atoms with Gasteiger partial charge in [0.05, 0.1) is 18.8 Å². The molecule has 0 spiro atoms. The first-order chi connectivity index (χ1) is 6.42. The molecule has 0 aromatic carbocycles. The van der Waals surface area contributed by atoms with Gasteiger partial charge in [-0.05, 0) is 18.9 Å². The second-order valence-electron chi connectivity index (χ2n) is 3.14. The van der Waals surface area contributed by atoms with Crippen molar-refractivity contribution < 1.29 is 4.74 Å². The highest BCUT2D eigenvalue weighted by Gasteiger charge is 2.18. The summed E-state index contributed by atoms with van der Waals surface area (Å²) in [5.74, 6) is 0. The largest absolute Gasteiger partial charge is 0.379 e. The average molecular weight is 177 g/mol. The molecular formula is C9H11N3O. The minimum atomic E-state index is 0.249. The van der Waals surface area contributed by atoms with E-state index in [0.29, 0.717) is 12.3 Å². The van der Waals surface area contributed by atoms with Crippen LogP contribution in [-0.2, 0) is 4.74 Å². The van der Waals surface area contributed by atoms with E-state index in [4.69, 9.17) is 10.00 Å². The number of rotatable bonds is 1. The van der Waals surface area contributed by atoms with Crippen molar-refractivity contribution in [2.24, 2.45) is 0 Å². The van der Waals surface area contributed by atoms with Crippen LogP contribution in [-0.4, -0.2) is 23.0 Å². The van der Waals surface area contributed by atoms with Crippen molar-refractivity contribution in [1.29, 1.82) is 5.26 Å². The van der Waals surface area contributed by atoms with Crippen LogP contribution in [0.4, 0.5) is 0 Å². The van der Waals surface area contributed by atoms with E-state index in [-0.39, 0.29) is 6.04 Å². The molecule has 0 N–H and O–H groups in total. The molecule has 1 aromatic heterocycles. The normalized spacial score (nSPS) is 22.5. The van der Waals surface area contributed by atoms with Gasteiger partial charge in [-0.2, -0.15) is 10.4 Å². The Morgan fingerprint density at radius 3 is 3.31 bits per heavy atom. The van der Waals surface area contributed by atoms with Crippen LogP contribution < -0.4 is 0 Å². The lowest BCUT2D eigenvalue weighted by molar-refractivity contribution is 0.0546. The van der Waals surface area contributed by atoms with Gasteiger partial charge in [-0.15, -0.1) is 0 Å². The van der Waals surface area contributed by atoms with Crippen molar-refractivity contribution in [1.82, 2.24) is 9.78 Å². The number of aromatic nitrogens is 2. The number of nitrogens with zero attached hydrogens (tertiary/aromatic N) is 3. The fraction of sp³-hybridized carbons (Fsp3) is 0.556. The Hall–Kier alpha value is -1.34. The Morgan fingerprint density at radius 1 is 1.69 bits per heavy atom. The minimum absolute atomic E-state index is 0.249. The number of hydrogen-bond acceptors (Lipinski definition) is 3. The maximum absolute atomic E-state index is 8.79. The third-order valence-electron chi connectivity index (χ3n) is 2.27. The van der Waals surface area contributed by atoms with E-state index in [1.54, 1.807) is 16.9 Å². The molecule has 1 aliphatic heterocycles. The van der Waals surface area contributed by atoms with Crippen LogP contribution in [0.3, 0.4) is 0 Å². The molecule has 1 aliphatic rings. The van der Waals surface area contributed by atoms with Crippen molar-refractivity contribution in [2.45, 2.75) is 18.9 Å². The Kier molecular flexibility index (Phi) is 2.28. The second kappa shape index (κ2) is 3.58. The van der Waals surface area contributed by atoms with Gasteiger partial charge in [0.15, 0.2) is 0 Å². The van der Waals surface area contributed by atoms with Crippen molar-refractivity contribution >= 4 is 0 Å². The Bertz CT molecular complexity index is 320. The van der Waals surface area contributed by atoms with Gasteiger partial charge >= 0.3 is 0 Å². The summed E-state index contributed by atoms with van der Waals surface area (Å²) in [5, 5.41) is 12.9. The summed E-state index contributed by atoms with van der Waals surface area (Å²) < 4.78 is 7.10. The molecule has 4 heteroatoms. The second-order valence-corrected chi connectivity index (χ2v) is 3.14. The quantitative estimate of drug-likeness (QED) is 0.645. The first-order valence-corrected chi connectivity index (χ1v) is 4.43. The van der Waals surface area contributed by atoms with Crippen molar-refractivity contribution in [3.63, 3.8) is 0 Å². The first kappa shape index (κ1) is 8.27. The average Bonchev–Trinajstić information content (AvgIpc) is 2.67. The van der Waals surface area contributed by atoms with Gasteiger partial charge in [-0.3, -0.25) is 0 Å². The summed E-state index contributed by atoms with van der Waals surface area (Å²) in [5.41, 5.74) is 0.621. The van der Waals surface area contributed by atoms with Crippen molar-refractivity contribution in [3.05, 3.63) is 18.0 Å². The van der Waals surface area contributed by atoms with Gasteiger partial charge in [-0.1, -0.05) is 0 Å². The molecule has 0 amide bonds. The lowest BCUT2D eigenvalue weighted by Gasteiger charge is -2.22. The molecule has 1 atom stereocenters. The van der Waals surface area contributed by atoms with Crippen LogP contribution in [0.15, 0.2) is 12.3 Å². The van der Waals surface area contributed by atoms with Crippen LogP contribution in [0.2, 0.25) is 0 Å². The molecule has 1 saturated heterocycles. The Morgan fingerprint density at radius 2 is 2.62 bits per heavy atom. The molecule has 2 rings (SSSR count). The first-order valence-electron chi connectivity index (χ1n) is 4.43. The summed E-state index contributed by atoms with van der Waals surface area (Å²) in [4.78, 5) is 0. The smallest absolute Gasteiger partial charge is 0.138 e. The topological polar surface area (TPSA) is 50.8 Å². The maximum atomic E-state index is 8.79. The van der Waals surface area contributed by atoms with Crippen molar-refractivity contribution in [2.75, 3.05) is 13.2 Å². The number of hydrogen-bond donors (Lipinski definition) is 0. The zero-order valence-corrected chi connectivity index (χ0v) is 7.31. The molecular weight excluding hydrogens is 166 g/mol. The zero-order chi connectivity index (χ0) is 9.10. The summed E-state index contributed by atoms with van der Waals surface area (Å²) >= 11 is 0. The highest BCUT2D eigenvalue weighted by Crippen LogP contribution is 2.19. The van der Waals surface area contributed by atoms with E-state index in [9.17, 15) is 0 Å². The van der Waals surface area contributed by atoms with E-state index >= 15 is 0 Å². The van der Waals surface area contributed by atoms with Gasteiger partial charge in [0.25, 0.3) is 0 Å². The van der Waals surface area contributed by atoms with Gasteiger partial charge in [0.1, 0.15) is 11.8 Å². The fourth-order valence-electron chi connectivity index (χ4n) is 1.61. The predicted molar refractivity (Wildman–Crippen MR) is 46.0 cm³/mol. The lowest BCUT2D eigenvalue weighted by atomic mass is 10.1. The highest BCUT2D eigenvalue weighted by atomic mass is 16.5. The third kappa shape index (κ3) is 1.56. The van der Waals surface area contributed by atoms with Crippen LogP contribution >= 0.6 is 0 Å². The molecule has 13 heavy (non-hydrogen) atoms. The van der Waals surface area contributed by atoms with E-state index < -0.39 is 0 Å². The molecule has 4 nitrogen and oxygen atoms in total.